The molecule has 1 aromatic rings. The van der Waals surface area contributed by atoms with Crippen LogP contribution in [0.25, 0.3) is 0 Å². The second kappa shape index (κ2) is 4.66. The quantitative estimate of drug-likeness (QED) is 0.820. The van der Waals surface area contributed by atoms with Crippen molar-refractivity contribution in [3.8, 4) is 5.75 Å². The van der Waals surface area contributed by atoms with Crippen molar-refractivity contribution in [1.82, 2.24) is 5.32 Å². The molecule has 5 heteroatoms. The number of hydrogen-bond acceptors (Lipinski definition) is 4. The summed E-state index contributed by atoms with van der Waals surface area (Å²) in [4.78, 5) is 25.1. The minimum atomic E-state index is -0.104. The monoisotopic (exact) mass is 260 g/mol. The van der Waals surface area contributed by atoms with E-state index in [0.29, 0.717) is 29.6 Å². The van der Waals surface area contributed by atoms with Crippen LogP contribution >= 0.6 is 0 Å². The van der Waals surface area contributed by atoms with Gasteiger partial charge >= 0.3 is 0 Å². The third kappa shape index (κ3) is 2.46. The zero-order valence-corrected chi connectivity index (χ0v) is 10.8. The molecular weight excluding hydrogens is 244 g/mol. The van der Waals surface area contributed by atoms with Gasteiger partial charge in [0.05, 0.1) is 12.2 Å². The number of hydrogen-bond donors (Lipinski definition) is 1. The number of amides is 1. The Balaban J connectivity index is 1.79. The molecule has 0 atom stereocenters. The number of nitrogens with one attached hydrogen (secondary N) is 1. The van der Waals surface area contributed by atoms with Gasteiger partial charge in [-0.25, -0.2) is 0 Å². The van der Waals surface area contributed by atoms with Gasteiger partial charge in [0.2, 0.25) is 0 Å². The third-order valence-corrected chi connectivity index (χ3v) is 3.50. The second-order valence-electron chi connectivity index (χ2n) is 5.00. The van der Waals surface area contributed by atoms with Crippen LogP contribution in [0.3, 0.4) is 0 Å². The van der Waals surface area contributed by atoms with Gasteiger partial charge < -0.3 is 15.0 Å². The largest absolute Gasteiger partial charge is 0.482 e. The van der Waals surface area contributed by atoms with Crippen LogP contribution in [-0.2, 0) is 4.79 Å². The first-order chi connectivity index (χ1) is 9.15. The summed E-state index contributed by atoms with van der Waals surface area (Å²) < 4.78 is 5.33. The Labute approximate surface area is 111 Å². The highest BCUT2D eigenvalue weighted by Gasteiger charge is 2.24. The highest BCUT2D eigenvalue weighted by Crippen LogP contribution is 2.32. The number of benzene rings is 1. The smallest absolute Gasteiger partial charge is 0.264 e. The average Bonchev–Trinajstić information content (AvgIpc) is 3.24. The predicted octanol–water partition coefficient (Wildman–Crippen LogP) is 0.976. The van der Waals surface area contributed by atoms with Gasteiger partial charge in [0.25, 0.3) is 5.91 Å². The van der Waals surface area contributed by atoms with Crippen LogP contribution in [0.4, 0.5) is 5.69 Å². The third-order valence-electron chi connectivity index (χ3n) is 3.50. The lowest BCUT2D eigenvalue weighted by molar-refractivity contribution is -0.120. The SMILES string of the molecule is CN1C(=O)COc2ccc(C(=O)CNC3CC3)cc21. The van der Waals surface area contributed by atoms with E-state index in [9.17, 15) is 9.59 Å². The number of ketones is 1. The molecule has 0 unspecified atom stereocenters. The number of anilines is 1. The second-order valence-corrected chi connectivity index (χ2v) is 5.00. The summed E-state index contributed by atoms with van der Waals surface area (Å²) in [6.45, 7) is 0.405. The molecule has 1 aromatic carbocycles. The number of Topliss-reactive ketones (excluding diaryl/α,β-unsaturated/α-hetero) is 1. The molecule has 100 valence electrons. The number of rotatable bonds is 4. The van der Waals surface area contributed by atoms with Crippen LogP contribution < -0.4 is 15.0 Å². The van der Waals surface area contributed by atoms with Gasteiger partial charge in [-0.15, -0.1) is 0 Å². The molecule has 0 aromatic heterocycles. The van der Waals surface area contributed by atoms with Gasteiger partial charge in [-0.3, -0.25) is 9.59 Å². The summed E-state index contributed by atoms with van der Waals surface area (Å²) in [6.07, 6.45) is 2.31. The summed E-state index contributed by atoms with van der Waals surface area (Å²) in [5.41, 5.74) is 1.27. The van der Waals surface area contributed by atoms with Gasteiger partial charge in [-0.2, -0.15) is 0 Å². The Morgan fingerprint density at radius 3 is 3.00 bits per heavy atom. The predicted molar refractivity (Wildman–Crippen MR) is 70.7 cm³/mol. The van der Waals surface area contributed by atoms with Crippen LogP contribution in [-0.4, -0.2) is 37.9 Å². The average molecular weight is 260 g/mol. The normalized spacial score (nSPS) is 17.9. The number of ether oxygens (including phenoxy) is 1. The van der Waals surface area contributed by atoms with E-state index in [4.69, 9.17) is 4.74 Å². The van der Waals surface area contributed by atoms with E-state index in [2.05, 4.69) is 5.32 Å². The van der Waals surface area contributed by atoms with Crippen LogP contribution in [0, 0.1) is 0 Å². The number of fused-ring (bicyclic) bond motifs is 1. The van der Waals surface area contributed by atoms with Crippen molar-refractivity contribution in [3.05, 3.63) is 23.8 Å². The molecule has 19 heavy (non-hydrogen) atoms. The van der Waals surface area contributed by atoms with Gasteiger partial charge in [-0.05, 0) is 31.0 Å². The lowest BCUT2D eigenvalue weighted by Gasteiger charge is -2.26. The van der Waals surface area contributed by atoms with Crippen LogP contribution in [0.2, 0.25) is 0 Å². The number of carbonyl (C=O) groups is 2. The molecule has 1 heterocycles. The molecule has 1 aliphatic heterocycles. The maximum Gasteiger partial charge on any atom is 0.264 e. The molecule has 1 aliphatic carbocycles. The summed E-state index contributed by atoms with van der Waals surface area (Å²) in [7, 11) is 1.69. The highest BCUT2D eigenvalue weighted by molar-refractivity contribution is 6.02. The fourth-order valence-corrected chi connectivity index (χ4v) is 2.07. The Morgan fingerprint density at radius 2 is 2.26 bits per heavy atom. The van der Waals surface area contributed by atoms with Crippen LogP contribution in [0.5, 0.6) is 5.75 Å². The lowest BCUT2D eigenvalue weighted by atomic mass is 10.1. The number of likely N-dealkylation sites (N-methyl/N-ethyl adjacent to an activating group) is 1. The molecule has 1 amide bonds. The van der Waals surface area contributed by atoms with E-state index in [1.807, 2.05) is 0 Å². The van der Waals surface area contributed by atoms with E-state index >= 15 is 0 Å². The van der Waals surface area contributed by atoms with Crippen molar-refractivity contribution in [2.75, 3.05) is 25.1 Å². The van der Waals surface area contributed by atoms with Crippen molar-refractivity contribution in [2.24, 2.45) is 0 Å². The summed E-state index contributed by atoms with van der Waals surface area (Å²) in [5.74, 6) is 0.586. The molecule has 2 aliphatic rings. The van der Waals surface area contributed by atoms with Crippen LogP contribution in [0.15, 0.2) is 18.2 Å². The maximum atomic E-state index is 12.0. The molecule has 1 fully saturated rings. The standard InChI is InChI=1S/C14H16N2O3/c1-16-11-6-9(12(17)7-15-10-3-4-10)2-5-13(11)19-8-14(16)18/h2,5-6,10,15H,3-4,7-8H2,1H3. The maximum absolute atomic E-state index is 12.0. The molecule has 3 rings (SSSR count). The molecule has 5 nitrogen and oxygen atoms in total. The fourth-order valence-electron chi connectivity index (χ4n) is 2.07. The lowest BCUT2D eigenvalue weighted by Crippen LogP contribution is -2.35. The molecule has 1 saturated carbocycles. The van der Waals surface area contributed by atoms with E-state index in [-0.39, 0.29) is 18.3 Å². The van der Waals surface area contributed by atoms with Crippen molar-refractivity contribution < 1.29 is 14.3 Å². The van der Waals surface area contributed by atoms with Crippen molar-refractivity contribution >= 4 is 17.4 Å². The van der Waals surface area contributed by atoms with Crippen molar-refractivity contribution in [3.63, 3.8) is 0 Å². The van der Waals surface area contributed by atoms with E-state index < -0.39 is 0 Å². The van der Waals surface area contributed by atoms with E-state index in [1.165, 1.54) is 4.90 Å². The first kappa shape index (κ1) is 12.2. The number of carbonyl (C=O) groups excluding carboxylic acids is 2. The highest BCUT2D eigenvalue weighted by atomic mass is 16.5. The Bertz CT molecular complexity index is 537. The van der Waals surface area contributed by atoms with E-state index in [0.717, 1.165) is 12.8 Å². The van der Waals surface area contributed by atoms with Crippen molar-refractivity contribution in [2.45, 2.75) is 18.9 Å². The van der Waals surface area contributed by atoms with Gasteiger partial charge in [0.15, 0.2) is 12.4 Å². The Kier molecular flexibility index (Phi) is 2.98. The molecule has 1 N–H and O–H groups in total. The Hall–Kier alpha value is -1.88. The topological polar surface area (TPSA) is 58.6 Å². The van der Waals surface area contributed by atoms with Gasteiger partial charge in [-0.1, -0.05) is 0 Å². The van der Waals surface area contributed by atoms with Gasteiger partial charge in [0, 0.05) is 18.7 Å². The zero-order valence-electron chi connectivity index (χ0n) is 10.8. The van der Waals surface area contributed by atoms with Crippen molar-refractivity contribution in [1.29, 1.82) is 0 Å². The molecular formula is C14H16N2O3. The number of nitrogens with zero attached hydrogens (tertiary/aromatic N) is 1. The summed E-state index contributed by atoms with van der Waals surface area (Å²) in [5, 5.41) is 3.19. The first-order valence-corrected chi connectivity index (χ1v) is 6.45. The molecule has 0 radical (unpaired) electrons. The molecule has 0 saturated heterocycles. The zero-order chi connectivity index (χ0) is 13.4. The summed E-state index contributed by atoms with van der Waals surface area (Å²) >= 11 is 0. The molecule has 0 bridgehead atoms. The molecule has 0 spiro atoms. The first-order valence-electron chi connectivity index (χ1n) is 6.45. The van der Waals surface area contributed by atoms with Crippen LogP contribution in [0.1, 0.15) is 23.2 Å². The van der Waals surface area contributed by atoms with E-state index in [1.54, 1.807) is 25.2 Å². The minimum absolute atomic E-state index is 0.0427. The van der Waals surface area contributed by atoms with Gasteiger partial charge in [0.1, 0.15) is 5.75 Å². The summed E-state index contributed by atoms with van der Waals surface area (Å²) in [6, 6.07) is 5.74. The Morgan fingerprint density at radius 1 is 1.47 bits per heavy atom. The fraction of sp³-hybridized carbons (Fsp3) is 0.429. The minimum Gasteiger partial charge on any atom is -0.482 e.